The Bertz CT molecular complexity index is 604. The molecular formula is C18H23N3O2. The van der Waals surface area contributed by atoms with E-state index in [-0.39, 0.29) is 11.9 Å². The van der Waals surface area contributed by atoms with Crippen molar-refractivity contribution in [3.05, 3.63) is 60.4 Å². The molecule has 1 amide bonds. The van der Waals surface area contributed by atoms with Crippen LogP contribution < -0.4 is 10.2 Å². The minimum Gasteiger partial charge on any atom is -0.387 e. The maximum Gasteiger partial charge on any atom is 0.228 e. The second kappa shape index (κ2) is 8.41. The maximum absolute atomic E-state index is 12.3. The van der Waals surface area contributed by atoms with Gasteiger partial charge in [0.2, 0.25) is 5.91 Å². The van der Waals surface area contributed by atoms with Crippen LogP contribution >= 0.6 is 0 Å². The molecular weight excluding hydrogens is 290 g/mol. The van der Waals surface area contributed by atoms with Crippen molar-refractivity contribution in [2.45, 2.75) is 25.5 Å². The van der Waals surface area contributed by atoms with Crippen molar-refractivity contribution in [1.82, 2.24) is 10.3 Å². The molecule has 0 aliphatic carbocycles. The van der Waals surface area contributed by atoms with Gasteiger partial charge in [-0.05, 0) is 36.8 Å². The summed E-state index contributed by atoms with van der Waals surface area (Å²) in [6, 6.07) is 13.1. The number of aromatic nitrogens is 1. The van der Waals surface area contributed by atoms with Crippen molar-refractivity contribution < 1.29 is 9.90 Å². The number of anilines is 1. The number of carbonyl (C=O) groups is 1. The van der Waals surface area contributed by atoms with E-state index in [1.807, 2.05) is 37.3 Å². The molecule has 2 atom stereocenters. The Morgan fingerprint density at radius 1 is 1.22 bits per heavy atom. The lowest BCUT2D eigenvalue weighted by molar-refractivity contribution is -0.118. The molecule has 2 N–H and O–H groups in total. The molecule has 2 unspecified atom stereocenters. The van der Waals surface area contributed by atoms with Gasteiger partial charge in [-0.2, -0.15) is 0 Å². The third-order valence-electron chi connectivity index (χ3n) is 3.75. The van der Waals surface area contributed by atoms with Crippen LogP contribution in [0.15, 0.2) is 54.9 Å². The topological polar surface area (TPSA) is 65.5 Å². The summed E-state index contributed by atoms with van der Waals surface area (Å²) in [4.78, 5) is 17.9. The number of carbonyl (C=O) groups excluding carboxylic acids is 1. The third kappa shape index (κ3) is 5.16. The van der Waals surface area contributed by atoms with E-state index in [4.69, 9.17) is 0 Å². The van der Waals surface area contributed by atoms with E-state index in [0.717, 1.165) is 11.3 Å². The second-order valence-electron chi connectivity index (χ2n) is 5.60. The fourth-order valence-electron chi connectivity index (χ4n) is 2.28. The Morgan fingerprint density at radius 3 is 2.52 bits per heavy atom. The Labute approximate surface area is 137 Å². The van der Waals surface area contributed by atoms with E-state index in [2.05, 4.69) is 10.3 Å². The summed E-state index contributed by atoms with van der Waals surface area (Å²) in [6.45, 7) is 2.34. The van der Waals surface area contributed by atoms with Crippen LogP contribution in [0.5, 0.6) is 0 Å². The summed E-state index contributed by atoms with van der Waals surface area (Å²) in [6.07, 6.45) is 3.07. The normalized spacial score (nSPS) is 13.3. The predicted octanol–water partition coefficient (Wildman–Crippen LogP) is 2.15. The standard InChI is InChI=1S/C18H23N3O2/c1-14(20-13-17(22)15-8-10-19-11-9-15)12-18(23)21(2)16-6-4-3-5-7-16/h3-11,14,17,20,22H,12-13H2,1-2H3. The predicted molar refractivity (Wildman–Crippen MR) is 91.1 cm³/mol. The van der Waals surface area contributed by atoms with Crippen LogP contribution in [0, 0.1) is 0 Å². The molecule has 122 valence electrons. The number of nitrogens with zero attached hydrogens (tertiary/aromatic N) is 2. The zero-order chi connectivity index (χ0) is 16.7. The Balaban J connectivity index is 1.80. The van der Waals surface area contributed by atoms with Crippen LogP contribution in [0.3, 0.4) is 0 Å². The summed E-state index contributed by atoms with van der Waals surface area (Å²) < 4.78 is 0. The molecule has 5 nitrogen and oxygen atoms in total. The maximum atomic E-state index is 12.3. The highest BCUT2D eigenvalue weighted by molar-refractivity contribution is 5.93. The van der Waals surface area contributed by atoms with Crippen LogP contribution in [0.25, 0.3) is 0 Å². The van der Waals surface area contributed by atoms with E-state index in [1.54, 1.807) is 36.5 Å². The summed E-state index contributed by atoms with van der Waals surface area (Å²) in [5, 5.41) is 13.3. The van der Waals surface area contributed by atoms with Crippen molar-refractivity contribution in [1.29, 1.82) is 0 Å². The zero-order valence-corrected chi connectivity index (χ0v) is 13.5. The van der Waals surface area contributed by atoms with Crippen molar-refractivity contribution in [2.24, 2.45) is 0 Å². The molecule has 23 heavy (non-hydrogen) atoms. The lowest BCUT2D eigenvalue weighted by Crippen LogP contribution is -2.36. The summed E-state index contributed by atoms with van der Waals surface area (Å²) >= 11 is 0. The van der Waals surface area contributed by atoms with E-state index < -0.39 is 6.10 Å². The number of aliphatic hydroxyl groups is 1. The highest BCUT2D eigenvalue weighted by Crippen LogP contribution is 2.13. The molecule has 1 aromatic heterocycles. The quantitative estimate of drug-likeness (QED) is 0.822. The highest BCUT2D eigenvalue weighted by atomic mass is 16.3. The summed E-state index contributed by atoms with van der Waals surface area (Å²) in [7, 11) is 1.77. The molecule has 0 aliphatic rings. The molecule has 1 heterocycles. The lowest BCUT2D eigenvalue weighted by Gasteiger charge is -2.21. The highest BCUT2D eigenvalue weighted by Gasteiger charge is 2.15. The first-order valence-corrected chi connectivity index (χ1v) is 7.71. The molecule has 1 aromatic carbocycles. The summed E-state index contributed by atoms with van der Waals surface area (Å²) in [5.41, 5.74) is 1.69. The van der Waals surface area contributed by atoms with E-state index in [9.17, 15) is 9.90 Å². The molecule has 0 bridgehead atoms. The van der Waals surface area contributed by atoms with Crippen LogP contribution in [0.4, 0.5) is 5.69 Å². The van der Waals surface area contributed by atoms with Crippen molar-refractivity contribution >= 4 is 11.6 Å². The fraction of sp³-hybridized carbons (Fsp3) is 0.333. The molecule has 2 aromatic rings. The van der Waals surface area contributed by atoms with E-state index in [1.165, 1.54) is 0 Å². The van der Waals surface area contributed by atoms with Gasteiger partial charge < -0.3 is 15.3 Å². The fourth-order valence-corrected chi connectivity index (χ4v) is 2.28. The van der Waals surface area contributed by atoms with Gasteiger partial charge in [-0.1, -0.05) is 18.2 Å². The number of amides is 1. The van der Waals surface area contributed by atoms with Gasteiger partial charge in [0.1, 0.15) is 0 Å². The first-order valence-electron chi connectivity index (χ1n) is 7.71. The zero-order valence-electron chi connectivity index (χ0n) is 13.5. The monoisotopic (exact) mass is 313 g/mol. The second-order valence-corrected chi connectivity index (χ2v) is 5.60. The molecule has 0 aliphatic heterocycles. The summed E-state index contributed by atoms with van der Waals surface area (Å²) in [5.74, 6) is 0.0367. The smallest absolute Gasteiger partial charge is 0.228 e. The minimum atomic E-state index is -0.609. The number of rotatable bonds is 7. The number of aliphatic hydroxyl groups excluding tert-OH is 1. The molecule has 0 fully saturated rings. The van der Waals surface area contributed by atoms with Gasteiger partial charge in [0.25, 0.3) is 0 Å². The Morgan fingerprint density at radius 2 is 1.87 bits per heavy atom. The largest absolute Gasteiger partial charge is 0.387 e. The number of pyridine rings is 1. The van der Waals surface area contributed by atoms with Crippen molar-refractivity contribution in [2.75, 3.05) is 18.5 Å². The number of hydrogen-bond donors (Lipinski definition) is 2. The molecule has 0 saturated carbocycles. The van der Waals surface area contributed by atoms with Crippen molar-refractivity contribution in [3.63, 3.8) is 0 Å². The van der Waals surface area contributed by atoms with E-state index in [0.29, 0.717) is 13.0 Å². The van der Waals surface area contributed by atoms with Crippen LogP contribution in [-0.2, 0) is 4.79 Å². The van der Waals surface area contributed by atoms with E-state index >= 15 is 0 Å². The van der Waals surface area contributed by atoms with Gasteiger partial charge in [-0.15, -0.1) is 0 Å². The van der Waals surface area contributed by atoms with Gasteiger partial charge in [-0.25, -0.2) is 0 Å². The molecule has 0 spiro atoms. The van der Waals surface area contributed by atoms with Gasteiger partial charge >= 0.3 is 0 Å². The molecule has 5 heteroatoms. The molecule has 0 radical (unpaired) electrons. The average molecular weight is 313 g/mol. The van der Waals surface area contributed by atoms with Crippen LogP contribution in [0.2, 0.25) is 0 Å². The first-order chi connectivity index (χ1) is 11.1. The third-order valence-corrected chi connectivity index (χ3v) is 3.75. The van der Waals surface area contributed by atoms with Gasteiger partial charge in [0, 0.05) is 44.1 Å². The molecule has 0 saturated heterocycles. The first kappa shape index (κ1) is 17.1. The Kier molecular flexibility index (Phi) is 6.26. The van der Waals surface area contributed by atoms with Gasteiger partial charge in [-0.3, -0.25) is 9.78 Å². The lowest BCUT2D eigenvalue weighted by atomic mass is 10.1. The van der Waals surface area contributed by atoms with Crippen molar-refractivity contribution in [3.8, 4) is 0 Å². The van der Waals surface area contributed by atoms with Crippen LogP contribution in [0.1, 0.15) is 25.0 Å². The Hall–Kier alpha value is -2.24. The minimum absolute atomic E-state index is 0.0230. The number of hydrogen-bond acceptors (Lipinski definition) is 4. The van der Waals surface area contributed by atoms with Crippen LogP contribution in [-0.4, -0.2) is 35.6 Å². The number of nitrogens with one attached hydrogen (secondary N) is 1. The number of para-hydroxylation sites is 1. The SMILES string of the molecule is CC(CC(=O)N(C)c1ccccc1)NCC(O)c1ccncc1. The van der Waals surface area contributed by atoms with Gasteiger partial charge in [0.15, 0.2) is 0 Å². The number of benzene rings is 1. The molecule has 2 rings (SSSR count). The average Bonchev–Trinajstić information content (AvgIpc) is 2.60. The van der Waals surface area contributed by atoms with Gasteiger partial charge in [0.05, 0.1) is 6.10 Å².